The van der Waals surface area contributed by atoms with E-state index in [9.17, 15) is 38.7 Å². The van der Waals surface area contributed by atoms with Gasteiger partial charge in [-0.05, 0) is 34.2 Å². The van der Waals surface area contributed by atoms with Gasteiger partial charge in [-0.2, -0.15) is 0 Å². The van der Waals surface area contributed by atoms with Crippen molar-refractivity contribution in [1.29, 1.82) is 0 Å². The van der Waals surface area contributed by atoms with Gasteiger partial charge in [0.05, 0.1) is 0 Å². The molecule has 0 saturated carbocycles. The zero-order valence-corrected chi connectivity index (χ0v) is 30.0. The second-order valence-corrected chi connectivity index (χ2v) is 13.6. The Morgan fingerprint density at radius 1 is 1.11 bits per heavy atom. The number of nitrogens with zero attached hydrogens (tertiary/aromatic N) is 7. The summed E-state index contributed by atoms with van der Waals surface area (Å²) in [6, 6.07) is 2.43. The topological polar surface area (TPSA) is 302 Å². The first kappa shape index (κ1) is 38.2. The number of ether oxygens (including phenoxy) is 2. The summed E-state index contributed by atoms with van der Waals surface area (Å²) in [6.45, 7) is 1.43. The van der Waals surface area contributed by atoms with Crippen LogP contribution in [0.15, 0.2) is 45.2 Å². The lowest BCUT2D eigenvalue weighted by Gasteiger charge is -2.49. The van der Waals surface area contributed by atoms with E-state index in [1.54, 1.807) is 7.05 Å². The quantitative estimate of drug-likeness (QED) is 0.0340. The first-order chi connectivity index (χ1) is 25.2. The summed E-state index contributed by atoms with van der Waals surface area (Å²) < 4.78 is 11.4. The fraction of sp³-hybridized carbons (Fsp3) is 0.286. The highest BCUT2D eigenvalue weighted by atomic mass is 32.2. The monoisotopic (exact) mass is 789 g/mol. The number of carbonyl (C=O) groups excluding carboxylic acids is 6. The number of thiazole rings is 1. The van der Waals surface area contributed by atoms with Gasteiger partial charge in [-0.25, -0.2) is 14.5 Å². The van der Waals surface area contributed by atoms with Crippen LogP contribution in [-0.4, -0.2) is 112 Å². The molecule has 0 spiro atoms. The van der Waals surface area contributed by atoms with Gasteiger partial charge >= 0.3 is 17.9 Å². The van der Waals surface area contributed by atoms with Gasteiger partial charge in [-0.3, -0.25) is 44.5 Å². The average Bonchev–Trinajstić information content (AvgIpc) is 3.73. The lowest BCUT2D eigenvalue weighted by atomic mass is 10.0. The Hall–Kier alpha value is -6.08. The van der Waals surface area contributed by atoms with Crippen LogP contribution in [0.25, 0.3) is 0 Å². The molecule has 6 N–H and O–H groups in total. The Bertz CT molecular complexity index is 2070. The molecule has 5 rings (SSSR count). The minimum atomic E-state index is -1.31. The van der Waals surface area contributed by atoms with E-state index >= 15 is 0 Å². The van der Waals surface area contributed by atoms with Crippen molar-refractivity contribution in [2.75, 3.05) is 23.8 Å². The highest BCUT2D eigenvalue weighted by molar-refractivity contribution is 8.01. The summed E-state index contributed by atoms with van der Waals surface area (Å²) in [7, 11) is 1.63. The number of aryl methyl sites for hydroxylation is 1. The molecule has 22 nitrogen and oxygen atoms in total. The summed E-state index contributed by atoms with van der Waals surface area (Å²) in [6.07, 6.45) is 0. The van der Waals surface area contributed by atoms with Crippen LogP contribution >= 0.6 is 34.9 Å². The number of oxime groups is 1. The van der Waals surface area contributed by atoms with Crippen LogP contribution in [-0.2, 0) is 40.7 Å². The normalized spacial score (nSPS) is 16.5. The first-order valence-electron chi connectivity index (χ1n) is 14.8. The van der Waals surface area contributed by atoms with Crippen LogP contribution in [0.3, 0.4) is 0 Å². The fourth-order valence-corrected chi connectivity index (χ4v) is 7.50. The molecule has 2 unspecified atom stereocenters. The van der Waals surface area contributed by atoms with Crippen LogP contribution in [0.5, 0.6) is 11.5 Å². The average molecular weight is 790 g/mol. The predicted octanol–water partition coefficient (Wildman–Crippen LogP) is -1.19. The number of carboxylic acid groups (broad SMARTS) is 1. The Morgan fingerprint density at radius 3 is 2.49 bits per heavy atom. The molecule has 53 heavy (non-hydrogen) atoms. The fourth-order valence-electron chi connectivity index (χ4n) is 4.61. The highest BCUT2D eigenvalue weighted by Crippen LogP contribution is 2.41. The number of aliphatic carboxylic acids is 1. The van der Waals surface area contributed by atoms with Crippen molar-refractivity contribution < 1.29 is 53.0 Å². The third-order valence-electron chi connectivity index (χ3n) is 6.85. The smallest absolute Gasteiger partial charge is 0.352 e. The first-order valence-corrected chi connectivity index (χ1v) is 17.7. The molecule has 4 amide bonds. The molecule has 0 bridgehead atoms. The second kappa shape index (κ2) is 16.5. The van der Waals surface area contributed by atoms with E-state index < -0.39 is 65.3 Å². The van der Waals surface area contributed by atoms with Crippen molar-refractivity contribution in [3.8, 4) is 11.5 Å². The van der Waals surface area contributed by atoms with Gasteiger partial charge in [0, 0.05) is 43.3 Å². The standard InChI is InChI=1S/C28H27N11O11S3/c1-11(40)49-16-5-4-13(6-17(16)50-12(2)41)22(43)33-32-18(42)7-48-35-19(15-10-52-27(29)30-15)23(44)31-20-24(45)39-21(26(46)47)14(8-51-25(20)39)9-53-28-34-36-37-38(28)3/h4-6,10,20,25H,7-9H2,1-3H3,(H2,29,30)(H,31,44)(H,32,42)(H,33,43)(H,46,47)/b35-19+. The number of anilines is 1. The van der Waals surface area contributed by atoms with Crippen molar-refractivity contribution in [3.05, 3.63) is 46.1 Å². The van der Waals surface area contributed by atoms with Gasteiger partial charge < -0.3 is 30.5 Å². The lowest BCUT2D eigenvalue weighted by Crippen LogP contribution is -2.71. The second-order valence-electron chi connectivity index (χ2n) is 10.6. The molecule has 2 aliphatic rings. The zero-order chi connectivity index (χ0) is 38.4. The van der Waals surface area contributed by atoms with E-state index in [4.69, 9.17) is 20.0 Å². The third-order valence-corrected chi connectivity index (χ3v) is 9.96. The highest BCUT2D eigenvalue weighted by Gasteiger charge is 2.54. The molecule has 2 aromatic heterocycles. The molecule has 0 radical (unpaired) electrons. The molecule has 25 heteroatoms. The maximum absolute atomic E-state index is 13.4. The Morgan fingerprint density at radius 2 is 1.85 bits per heavy atom. The van der Waals surface area contributed by atoms with Crippen molar-refractivity contribution in [2.24, 2.45) is 12.2 Å². The van der Waals surface area contributed by atoms with Gasteiger partial charge in [0.25, 0.3) is 23.6 Å². The van der Waals surface area contributed by atoms with E-state index in [1.165, 1.54) is 45.7 Å². The number of nitrogens with two attached hydrogens (primary N) is 1. The summed E-state index contributed by atoms with van der Waals surface area (Å²) >= 11 is 3.43. The number of thioether (sulfide) groups is 2. The summed E-state index contributed by atoms with van der Waals surface area (Å²) in [5, 5.41) is 28.5. The molecule has 1 saturated heterocycles. The molecule has 0 aliphatic carbocycles. The minimum Gasteiger partial charge on any atom is -0.477 e. The summed E-state index contributed by atoms with van der Waals surface area (Å²) in [4.78, 5) is 96.9. The summed E-state index contributed by atoms with van der Waals surface area (Å²) in [5.41, 5.74) is 9.63. The molecule has 4 heterocycles. The van der Waals surface area contributed by atoms with E-state index in [0.717, 1.165) is 36.2 Å². The van der Waals surface area contributed by atoms with Crippen molar-refractivity contribution >= 4 is 87.2 Å². The van der Waals surface area contributed by atoms with Crippen molar-refractivity contribution in [3.63, 3.8) is 0 Å². The maximum atomic E-state index is 13.4. The molecular formula is C28H27N11O11S3. The van der Waals surface area contributed by atoms with Crippen LogP contribution in [0.4, 0.5) is 5.13 Å². The van der Waals surface area contributed by atoms with Crippen LogP contribution < -0.4 is 31.4 Å². The number of aromatic nitrogens is 5. The Balaban J connectivity index is 1.20. The van der Waals surface area contributed by atoms with E-state index in [-0.39, 0.29) is 45.1 Å². The molecule has 1 aromatic carbocycles. The number of amides is 4. The predicted molar refractivity (Wildman–Crippen MR) is 183 cm³/mol. The van der Waals surface area contributed by atoms with Gasteiger partial charge in [0.2, 0.25) is 5.16 Å². The van der Waals surface area contributed by atoms with Gasteiger partial charge in [-0.15, -0.1) is 28.2 Å². The number of hydrogen-bond donors (Lipinski definition) is 5. The largest absolute Gasteiger partial charge is 0.477 e. The van der Waals surface area contributed by atoms with Gasteiger partial charge in [-0.1, -0.05) is 16.9 Å². The number of tetrazole rings is 1. The maximum Gasteiger partial charge on any atom is 0.352 e. The molecule has 2 atom stereocenters. The number of fused-ring (bicyclic) bond motifs is 1. The van der Waals surface area contributed by atoms with Gasteiger partial charge in [0.1, 0.15) is 22.8 Å². The number of carbonyl (C=O) groups is 7. The van der Waals surface area contributed by atoms with Crippen molar-refractivity contribution in [2.45, 2.75) is 30.4 Å². The number of β-lactam (4-membered cyclic amide) rings is 1. The van der Waals surface area contributed by atoms with Crippen LogP contribution in [0, 0.1) is 0 Å². The number of benzene rings is 1. The molecule has 3 aromatic rings. The number of hydrazine groups is 1. The minimum absolute atomic E-state index is 0.0388. The van der Waals surface area contributed by atoms with E-state index in [0.29, 0.717) is 10.7 Å². The number of esters is 2. The SMILES string of the molecule is CC(=O)Oc1ccc(C(=O)NNC(=O)CO/N=C(/C(=O)NC2C(=O)N3C(C(=O)O)=C(CSc4nnnn4C)CSC23)c2csc(N)n2)cc1OC(C)=O. The number of nitrogen functional groups attached to an aromatic ring is 1. The van der Waals surface area contributed by atoms with Crippen LogP contribution in [0.1, 0.15) is 29.9 Å². The number of hydrogen-bond acceptors (Lipinski definition) is 19. The molecular weight excluding hydrogens is 763 g/mol. The van der Waals surface area contributed by atoms with Crippen molar-refractivity contribution in [1.82, 2.24) is 46.3 Å². The number of carboxylic acids is 1. The van der Waals surface area contributed by atoms with Crippen LogP contribution in [0.2, 0.25) is 0 Å². The Kier molecular flexibility index (Phi) is 11.9. The molecule has 1 fully saturated rings. The number of nitrogens with one attached hydrogen (secondary N) is 3. The third kappa shape index (κ3) is 9.05. The molecule has 2 aliphatic heterocycles. The van der Waals surface area contributed by atoms with E-state index in [2.05, 4.69) is 41.8 Å². The molecule has 278 valence electrons. The summed E-state index contributed by atoms with van der Waals surface area (Å²) in [5.74, 6) is -6.01. The van der Waals surface area contributed by atoms with E-state index in [1.807, 2.05) is 0 Å². The number of rotatable bonds is 13. The Labute approximate surface area is 309 Å². The zero-order valence-electron chi connectivity index (χ0n) is 27.5. The lowest BCUT2D eigenvalue weighted by molar-refractivity contribution is -0.150. The van der Waals surface area contributed by atoms with Gasteiger partial charge in [0.15, 0.2) is 28.9 Å².